The monoisotopic (exact) mass is 279 g/mol. The molecule has 2 unspecified atom stereocenters. The van der Waals surface area contributed by atoms with Crippen molar-refractivity contribution in [1.29, 1.82) is 0 Å². The Morgan fingerprint density at radius 3 is 2.35 bits per heavy atom. The van der Waals surface area contributed by atoms with Crippen molar-refractivity contribution in [1.82, 2.24) is 10.6 Å². The first-order valence-electron chi connectivity index (χ1n) is 5.01. The summed E-state index contributed by atoms with van der Waals surface area (Å²) in [5.41, 5.74) is 5.17. The Morgan fingerprint density at radius 1 is 1.35 bits per heavy atom. The van der Waals surface area contributed by atoms with Crippen molar-refractivity contribution in [2.75, 3.05) is 19.3 Å². The number of rotatable bonds is 6. The third-order valence-electron chi connectivity index (χ3n) is 2.03. The first kappa shape index (κ1) is 16.0. The lowest BCUT2D eigenvalue weighted by Crippen LogP contribution is -2.43. The van der Waals surface area contributed by atoms with Gasteiger partial charge in [-0.05, 0) is 6.42 Å². The largest absolute Gasteiger partial charge is 0.392 e. The van der Waals surface area contributed by atoms with Gasteiger partial charge in [-0.1, -0.05) is 19.1 Å². The summed E-state index contributed by atoms with van der Waals surface area (Å²) < 4.78 is 11.0. The maximum Gasteiger partial charge on any atom is 0.309 e. The molecule has 0 spiro atoms. The molecule has 0 saturated carbocycles. The predicted octanol–water partition coefficient (Wildman–Crippen LogP) is -1.34. The molecule has 0 radical (unpaired) electrons. The van der Waals surface area contributed by atoms with Crippen LogP contribution in [-0.4, -0.2) is 45.6 Å². The first-order chi connectivity index (χ1) is 7.84. The molecule has 98 valence electrons. The maximum atomic E-state index is 11.2. The highest BCUT2D eigenvalue weighted by Gasteiger charge is 2.13. The molecule has 0 heterocycles. The number of hydrogen-bond acceptors (Lipinski definition) is 4. The second-order valence-corrected chi connectivity index (χ2v) is 5.83. The summed E-state index contributed by atoms with van der Waals surface area (Å²) in [4.78, 5) is 22.5. The number of carbonyl (C=O) groups is 2. The molecule has 0 fully saturated rings. The molecule has 2 atom stereocenters. The summed E-state index contributed by atoms with van der Waals surface area (Å²) in [6.45, 7) is 2.12. The van der Waals surface area contributed by atoms with Gasteiger partial charge in [0.25, 0.3) is 0 Å². The van der Waals surface area contributed by atoms with Crippen LogP contribution in [0.1, 0.15) is 13.3 Å². The molecule has 4 N–H and O–H groups in total. The number of nitrogens with two attached hydrogens (primary N) is 1. The summed E-state index contributed by atoms with van der Waals surface area (Å²) in [6.07, 6.45) is 2.15. The van der Waals surface area contributed by atoms with Crippen LogP contribution in [0.3, 0.4) is 0 Å². The number of hydrogen-bond donors (Lipinski definition) is 3. The van der Waals surface area contributed by atoms with Crippen LogP contribution in [0.2, 0.25) is 0 Å². The Labute approximate surface area is 108 Å². The molecule has 0 aliphatic heterocycles. The fraction of sp³-hybridized carbons (Fsp3) is 0.667. The van der Waals surface area contributed by atoms with E-state index in [4.69, 9.17) is 5.73 Å². The van der Waals surface area contributed by atoms with Crippen LogP contribution in [0.4, 0.5) is 0 Å². The topological polar surface area (TPSA) is 101 Å². The van der Waals surface area contributed by atoms with Gasteiger partial charge in [0.1, 0.15) is 0 Å². The summed E-state index contributed by atoms with van der Waals surface area (Å²) in [6, 6.07) is 0. The van der Waals surface area contributed by atoms with Crippen LogP contribution >= 0.6 is 12.2 Å². The molecule has 2 amide bonds. The van der Waals surface area contributed by atoms with E-state index in [0.29, 0.717) is 13.0 Å². The maximum absolute atomic E-state index is 11.2. The minimum Gasteiger partial charge on any atom is -0.392 e. The van der Waals surface area contributed by atoms with Crippen molar-refractivity contribution in [2.24, 2.45) is 5.73 Å². The molecule has 0 aromatic heterocycles. The lowest BCUT2D eigenvalue weighted by Gasteiger charge is -2.09. The molecule has 0 bridgehead atoms. The standard InChI is InChI=1S/C9H17N3O3S2/c1-6(17(2)15)3-4-11-8(13)9(14)12-5-7(10)16/h6H,3-5H2,1-2H3,(H2,10,16)(H,11,13)(H,12,14). The smallest absolute Gasteiger partial charge is 0.309 e. The van der Waals surface area contributed by atoms with Crippen LogP contribution in [-0.2, 0) is 20.4 Å². The Bertz CT molecular complexity index is 333. The molecule has 0 aliphatic rings. The Kier molecular flexibility index (Phi) is 7.64. The van der Waals surface area contributed by atoms with Gasteiger partial charge >= 0.3 is 11.8 Å². The molecule has 0 aromatic carbocycles. The average Bonchev–Trinajstić information content (AvgIpc) is 2.25. The third kappa shape index (κ3) is 7.81. The lowest BCUT2D eigenvalue weighted by molar-refractivity contribution is -0.139. The molecule has 17 heavy (non-hydrogen) atoms. The highest BCUT2D eigenvalue weighted by molar-refractivity contribution is 7.84. The molecule has 6 nitrogen and oxygen atoms in total. The van der Waals surface area contributed by atoms with Crippen LogP contribution in [0, 0.1) is 0 Å². The molecule has 0 rings (SSSR count). The van der Waals surface area contributed by atoms with Gasteiger partial charge < -0.3 is 16.4 Å². The predicted molar refractivity (Wildman–Crippen MR) is 71.0 cm³/mol. The summed E-state index contributed by atoms with van der Waals surface area (Å²) >= 11 is 4.55. The number of nitrogens with one attached hydrogen (secondary N) is 2. The van der Waals surface area contributed by atoms with Gasteiger partial charge in [0.05, 0.1) is 11.5 Å². The minimum atomic E-state index is -0.931. The highest BCUT2D eigenvalue weighted by Crippen LogP contribution is 1.96. The van der Waals surface area contributed by atoms with Gasteiger partial charge in [-0.25, -0.2) is 0 Å². The molecular formula is C9H17N3O3S2. The SMILES string of the molecule is CC(CCNC(=O)C(=O)NCC(N)=S)S(C)=O. The van der Waals surface area contributed by atoms with E-state index in [1.54, 1.807) is 6.26 Å². The zero-order valence-corrected chi connectivity index (χ0v) is 11.5. The Hall–Kier alpha value is -1.02. The van der Waals surface area contributed by atoms with Crippen molar-refractivity contribution in [3.63, 3.8) is 0 Å². The molecular weight excluding hydrogens is 262 g/mol. The first-order valence-corrected chi connectivity index (χ1v) is 7.04. The van der Waals surface area contributed by atoms with Crippen molar-refractivity contribution < 1.29 is 13.8 Å². The second kappa shape index (κ2) is 8.13. The molecule has 8 heteroatoms. The summed E-state index contributed by atoms with van der Waals surface area (Å²) in [5, 5.41) is 4.67. The molecule has 0 saturated heterocycles. The lowest BCUT2D eigenvalue weighted by atomic mass is 10.3. The van der Waals surface area contributed by atoms with Gasteiger partial charge in [0.15, 0.2) is 0 Å². The highest BCUT2D eigenvalue weighted by atomic mass is 32.2. The van der Waals surface area contributed by atoms with Crippen LogP contribution in [0.25, 0.3) is 0 Å². The number of thiocarbonyl (C=S) groups is 1. The van der Waals surface area contributed by atoms with Crippen molar-refractivity contribution in [3.8, 4) is 0 Å². The van der Waals surface area contributed by atoms with Crippen LogP contribution in [0.15, 0.2) is 0 Å². The van der Waals surface area contributed by atoms with Crippen LogP contribution < -0.4 is 16.4 Å². The second-order valence-electron chi connectivity index (χ2n) is 3.50. The zero-order valence-electron chi connectivity index (χ0n) is 9.82. The van der Waals surface area contributed by atoms with E-state index in [9.17, 15) is 13.8 Å². The summed E-state index contributed by atoms with van der Waals surface area (Å²) in [5.74, 6) is -1.52. The fourth-order valence-corrected chi connectivity index (χ4v) is 1.40. The van der Waals surface area contributed by atoms with E-state index in [2.05, 4.69) is 22.9 Å². The Balaban J connectivity index is 3.82. The van der Waals surface area contributed by atoms with E-state index >= 15 is 0 Å². The van der Waals surface area contributed by atoms with Gasteiger partial charge in [-0.3, -0.25) is 13.8 Å². The van der Waals surface area contributed by atoms with Crippen LogP contribution in [0.5, 0.6) is 0 Å². The van der Waals surface area contributed by atoms with Gasteiger partial charge in [-0.15, -0.1) is 0 Å². The number of carbonyl (C=O) groups excluding carboxylic acids is 2. The van der Waals surface area contributed by atoms with Crippen molar-refractivity contribution in [3.05, 3.63) is 0 Å². The van der Waals surface area contributed by atoms with E-state index in [1.807, 2.05) is 6.92 Å². The van der Waals surface area contributed by atoms with Gasteiger partial charge in [0.2, 0.25) is 0 Å². The molecule has 0 aromatic rings. The normalized spacial score (nSPS) is 13.5. The van der Waals surface area contributed by atoms with Crippen molar-refractivity contribution >= 4 is 39.8 Å². The van der Waals surface area contributed by atoms with E-state index in [0.717, 1.165) is 0 Å². The summed E-state index contributed by atoms with van der Waals surface area (Å²) in [7, 11) is -0.931. The third-order valence-corrected chi connectivity index (χ3v) is 3.55. The molecule has 0 aliphatic carbocycles. The average molecular weight is 279 g/mol. The van der Waals surface area contributed by atoms with Crippen molar-refractivity contribution in [2.45, 2.75) is 18.6 Å². The van der Waals surface area contributed by atoms with Gasteiger partial charge in [-0.2, -0.15) is 0 Å². The quantitative estimate of drug-likeness (QED) is 0.413. The Morgan fingerprint density at radius 2 is 1.88 bits per heavy atom. The zero-order chi connectivity index (χ0) is 13.4. The van der Waals surface area contributed by atoms with E-state index < -0.39 is 22.6 Å². The van der Waals surface area contributed by atoms with E-state index in [-0.39, 0.29) is 16.8 Å². The minimum absolute atomic E-state index is 0.00301. The number of amides is 2. The van der Waals surface area contributed by atoms with E-state index in [1.165, 1.54) is 0 Å². The fourth-order valence-electron chi connectivity index (χ4n) is 0.883. The van der Waals surface area contributed by atoms with Gasteiger partial charge in [0, 0.05) is 28.9 Å².